The summed E-state index contributed by atoms with van der Waals surface area (Å²) >= 11 is 0. The first kappa shape index (κ1) is 53.6. The van der Waals surface area contributed by atoms with Gasteiger partial charge in [0.25, 0.3) is 0 Å². The van der Waals surface area contributed by atoms with Crippen molar-refractivity contribution in [1.82, 2.24) is 0 Å². The highest BCUT2D eigenvalue weighted by atomic mass is 28.5. The van der Waals surface area contributed by atoms with E-state index in [4.69, 9.17) is 37.0 Å². The van der Waals surface area contributed by atoms with E-state index in [1.54, 1.807) is 0 Å². The van der Waals surface area contributed by atoms with E-state index in [2.05, 4.69) is 144 Å². The quantitative estimate of drug-likeness (QED) is 0.118. The van der Waals surface area contributed by atoms with Crippen molar-refractivity contribution in [3.63, 3.8) is 0 Å². The molecule has 0 aromatic rings. The second-order valence-electron chi connectivity index (χ2n) is 16.7. The van der Waals surface area contributed by atoms with Crippen LogP contribution < -0.4 is 0 Å². The molecule has 0 saturated heterocycles. The van der Waals surface area contributed by atoms with Gasteiger partial charge in [-0.15, -0.1) is 0 Å². The zero-order valence-electron chi connectivity index (χ0n) is 31.4. The Balaban J connectivity index is -0.00000280. The van der Waals surface area contributed by atoms with E-state index in [0.717, 1.165) is 0 Å². The molecule has 45 heavy (non-hydrogen) atoms. The molecule has 19 heteroatoms. The van der Waals surface area contributed by atoms with Crippen LogP contribution in [0.1, 0.15) is 29.2 Å². The van der Waals surface area contributed by atoms with Crippen molar-refractivity contribution < 1.29 is 37.0 Å². The Bertz CT molecular complexity index is 759. The van der Waals surface area contributed by atoms with Crippen molar-refractivity contribution in [3.8, 4) is 0 Å². The first-order valence-electron chi connectivity index (χ1n) is 15.2. The lowest BCUT2D eigenvalue weighted by atomic mass is 11.0. The van der Waals surface area contributed by atoms with E-state index in [1.165, 1.54) is 0 Å². The molecule has 0 aliphatic heterocycles. The first-order valence-corrected chi connectivity index (χ1v) is 44.3. The fourth-order valence-electron chi connectivity index (χ4n) is 5.52. The molecule has 278 valence electrons. The summed E-state index contributed by atoms with van der Waals surface area (Å²) in [5, 5.41) is 0. The molecule has 0 aromatic heterocycles. The Kier molecular flexibility index (Phi) is 21.2. The Morgan fingerprint density at radius 3 is 0.556 bits per heavy atom. The maximum atomic E-state index is 7.08. The number of rotatable bonds is 19. The van der Waals surface area contributed by atoms with E-state index < -0.39 is 85.1 Å². The third kappa shape index (κ3) is 25.4. The predicted octanol–water partition coefficient (Wildman–Crippen LogP) is 10.7. The maximum absolute atomic E-state index is 7.08. The van der Waals surface area contributed by atoms with E-state index in [1.807, 2.05) is 0 Å². The normalized spacial score (nSPS) is 14.8. The van der Waals surface area contributed by atoms with Crippen LogP contribution in [0, 0.1) is 0 Å². The molecular weight excluding hydrogens is 737 g/mol. The molecule has 0 fully saturated rings. The molecule has 9 nitrogen and oxygen atoms in total. The van der Waals surface area contributed by atoms with Crippen molar-refractivity contribution in [2.45, 2.75) is 173 Å². The van der Waals surface area contributed by atoms with Gasteiger partial charge in [-0.05, 0) is 137 Å². The summed E-state index contributed by atoms with van der Waals surface area (Å²) in [6.07, 6.45) is 0. The fraction of sp³-hybridized carbons (Fsp3) is 1.00. The molecule has 0 saturated carbocycles. The Morgan fingerprint density at radius 2 is 0.422 bits per heavy atom. The van der Waals surface area contributed by atoms with Gasteiger partial charge in [0.15, 0.2) is 25.0 Å². The molecule has 0 amide bonds. The average Bonchev–Trinajstić information content (AvgIpc) is 2.48. The molecule has 0 atom stereocenters. The highest BCUT2D eigenvalue weighted by Gasteiger charge is 2.57. The van der Waals surface area contributed by atoms with Crippen LogP contribution in [0.2, 0.25) is 144 Å². The first-order chi connectivity index (χ1) is 17.9. The summed E-state index contributed by atoms with van der Waals surface area (Å²) in [5.41, 5.74) is 0. The summed E-state index contributed by atoms with van der Waals surface area (Å²) in [4.78, 5) is 0. The third-order valence-electron chi connectivity index (χ3n) is 4.77. The van der Waals surface area contributed by atoms with Crippen molar-refractivity contribution >= 4 is 85.1 Å². The minimum absolute atomic E-state index is 0. The zero-order chi connectivity index (χ0) is 34.1. The van der Waals surface area contributed by atoms with E-state index in [0.29, 0.717) is 6.04 Å². The van der Waals surface area contributed by atoms with Gasteiger partial charge < -0.3 is 37.0 Å². The lowest BCUT2D eigenvalue weighted by molar-refractivity contribution is 0.182. The number of hydrogen-bond acceptors (Lipinski definition) is 9. The van der Waals surface area contributed by atoms with Crippen LogP contribution in [0.15, 0.2) is 0 Å². The molecule has 0 aliphatic rings. The van der Waals surface area contributed by atoms with Crippen LogP contribution in [-0.2, 0) is 37.0 Å². The monoisotopic (exact) mass is 816 g/mol. The molecule has 0 aliphatic carbocycles. The number of hydrogen-bond donors (Lipinski definition) is 0. The standard InChI is InChI=1S/C23H68O9Si10.3CH4/c1-23-42(30-39(17,18)27-36(11,12)24-33(2,3)4,31-40(19,20)28-37(13,14)25-34(5,6)7)32-41(21,22)29-38(15,16)26-35(8,9)10;;;/h23H2,1-22H3;3*1H4. The van der Waals surface area contributed by atoms with E-state index in [-0.39, 0.29) is 22.3 Å². The summed E-state index contributed by atoms with van der Waals surface area (Å²) in [7, 11) is -24.7. The highest BCUT2D eigenvalue weighted by Crippen LogP contribution is 2.34. The van der Waals surface area contributed by atoms with Gasteiger partial charge in [0.1, 0.15) is 0 Å². The van der Waals surface area contributed by atoms with Crippen molar-refractivity contribution in [2.75, 3.05) is 0 Å². The lowest BCUT2D eigenvalue weighted by Crippen LogP contribution is -2.67. The predicted molar refractivity (Wildman–Crippen MR) is 221 cm³/mol. The summed E-state index contributed by atoms with van der Waals surface area (Å²) in [5.74, 6) is 0. The van der Waals surface area contributed by atoms with Gasteiger partial charge in [0.05, 0.1) is 0 Å². The Hall–Kier alpha value is 1.81. The summed E-state index contributed by atoms with van der Waals surface area (Å²) in [6, 6.07) is 0.566. The minimum atomic E-state index is -3.41. The van der Waals surface area contributed by atoms with Crippen LogP contribution in [0.25, 0.3) is 0 Å². The maximum Gasteiger partial charge on any atom is 0.473 e. The van der Waals surface area contributed by atoms with Gasteiger partial charge in [-0.2, -0.15) is 0 Å². The van der Waals surface area contributed by atoms with Crippen LogP contribution in [-0.4, -0.2) is 85.1 Å². The topological polar surface area (TPSA) is 83.1 Å². The zero-order valence-corrected chi connectivity index (χ0v) is 41.4. The van der Waals surface area contributed by atoms with E-state index >= 15 is 0 Å². The second kappa shape index (κ2) is 17.8. The molecule has 0 radical (unpaired) electrons. The van der Waals surface area contributed by atoms with Crippen molar-refractivity contribution in [3.05, 3.63) is 0 Å². The third-order valence-corrected chi connectivity index (χ3v) is 40.3. The molecule has 0 rings (SSSR count). The molecule has 0 unspecified atom stereocenters. The Morgan fingerprint density at radius 1 is 0.267 bits per heavy atom. The van der Waals surface area contributed by atoms with E-state index in [9.17, 15) is 0 Å². The molecule has 0 aromatic carbocycles. The second-order valence-corrected chi connectivity index (χ2v) is 55.6. The molecule has 0 bridgehead atoms. The molecule has 0 spiro atoms. The largest absolute Gasteiger partial charge is 0.473 e. The van der Waals surface area contributed by atoms with Crippen LogP contribution in [0.3, 0.4) is 0 Å². The highest BCUT2D eigenvalue weighted by molar-refractivity contribution is 6.94. The fourth-order valence-corrected chi connectivity index (χ4v) is 53.0. The molecular formula is C26H80O9Si10. The van der Waals surface area contributed by atoms with Gasteiger partial charge >= 0.3 is 60.2 Å². The minimum Gasteiger partial charge on any atom is -0.437 e. The van der Waals surface area contributed by atoms with Crippen LogP contribution in [0.5, 0.6) is 0 Å². The van der Waals surface area contributed by atoms with Crippen LogP contribution in [0.4, 0.5) is 0 Å². The van der Waals surface area contributed by atoms with Gasteiger partial charge in [0, 0.05) is 6.04 Å². The summed E-state index contributed by atoms with van der Waals surface area (Å²) in [6.45, 7) is 46.9. The SMILES string of the molecule is C.C.C.CC[Si](O[Si](C)(C)O[Si](C)(C)O[Si](C)(C)C)(O[Si](C)(C)O[Si](C)(C)O[Si](C)(C)C)O[Si](C)(C)O[Si](C)(C)O[Si](C)(C)C. The van der Waals surface area contributed by atoms with Gasteiger partial charge in [-0.1, -0.05) is 29.2 Å². The van der Waals surface area contributed by atoms with Gasteiger partial charge in [-0.3, -0.25) is 0 Å². The smallest absolute Gasteiger partial charge is 0.437 e. The van der Waals surface area contributed by atoms with Gasteiger partial charge in [0.2, 0.25) is 0 Å². The van der Waals surface area contributed by atoms with Crippen molar-refractivity contribution in [2.24, 2.45) is 0 Å². The van der Waals surface area contributed by atoms with Crippen molar-refractivity contribution in [1.29, 1.82) is 0 Å². The average molecular weight is 818 g/mol. The Labute approximate surface area is 293 Å². The molecule has 0 N–H and O–H groups in total. The van der Waals surface area contributed by atoms with Crippen LogP contribution >= 0.6 is 0 Å². The molecule has 0 heterocycles. The lowest BCUT2D eigenvalue weighted by Gasteiger charge is -2.47. The summed E-state index contributed by atoms with van der Waals surface area (Å²) < 4.78 is 61.2. The van der Waals surface area contributed by atoms with Gasteiger partial charge in [-0.25, -0.2) is 0 Å².